The number of carbonyl (C=O) groups excluding carboxylic acids is 1. The first-order valence-electron chi connectivity index (χ1n) is 8.38. The van der Waals surface area contributed by atoms with Gasteiger partial charge in [0.05, 0.1) is 19.3 Å². The lowest BCUT2D eigenvalue weighted by Gasteiger charge is -2.34. The van der Waals surface area contributed by atoms with Crippen molar-refractivity contribution in [2.45, 2.75) is 31.4 Å². The number of hydrogen-bond donors (Lipinski definition) is 1. The Kier molecular flexibility index (Phi) is 4.30. The van der Waals surface area contributed by atoms with Crippen LogP contribution in [0.1, 0.15) is 17.8 Å². The van der Waals surface area contributed by atoms with Crippen LogP contribution in [-0.2, 0) is 16.1 Å². The van der Waals surface area contributed by atoms with Crippen LogP contribution in [0.4, 0.5) is 8.78 Å². The second-order valence-corrected chi connectivity index (χ2v) is 8.10. The summed E-state index contributed by atoms with van der Waals surface area (Å²) in [5.41, 5.74) is 0. The third-order valence-electron chi connectivity index (χ3n) is 5.36. The summed E-state index contributed by atoms with van der Waals surface area (Å²) in [6.45, 7) is 3.83. The Morgan fingerprint density at radius 3 is 3.00 bits per heavy atom. The molecule has 2 aliphatic heterocycles. The molecule has 24 heavy (non-hydrogen) atoms. The molecule has 0 bridgehead atoms. The number of halogens is 2. The molecule has 0 radical (unpaired) electrons. The lowest BCUT2D eigenvalue weighted by Crippen LogP contribution is -2.46. The maximum Gasteiger partial charge on any atom is 0.249 e. The molecule has 1 N–H and O–H groups in total. The zero-order chi connectivity index (χ0) is 16.7. The van der Waals surface area contributed by atoms with Gasteiger partial charge >= 0.3 is 0 Å². The van der Waals surface area contributed by atoms with Crippen LogP contribution in [0.2, 0.25) is 0 Å². The fourth-order valence-corrected chi connectivity index (χ4v) is 4.62. The van der Waals surface area contributed by atoms with Crippen molar-refractivity contribution < 1.29 is 18.3 Å². The van der Waals surface area contributed by atoms with Gasteiger partial charge in [-0.1, -0.05) is 0 Å². The van der Waals surface area contributed by atoms with Gasteiger partial charge < -0.3 is 10.1 Å². The number of ether oxygens (including phenoxy) is 1. The number of nitrogens with zero attached hydrogens (tertiary/aromatic N) is 2. The minimum absolute atomic E-state index is 0.208. The first-order valence-corrected chi connectivity index (χ1v) is 9.26. The highest BCUT2D eigenvalue weighted by Gasteiger charge is 2.49. The number of fused-ring (bicyclic) bond motifs is 1. The van der Waals surface area contributed by atoms with Crippen molar-refractivity contribution in [3.63, 3.8) is 0 Å². The summed E-state index contributed by atoms with van der Waals surface area (Å²) in [4.78, 5) is 18.6. The second kappa shape index (κ2) is 6.31. The maximum atomic E-state index is 12.9. The predicted molar refractivity (Wildman–Crippen MR) is 84.8 cm³/mol. The summed E-state index contributed by atoms with van der Waals surface area (Å²) >= 11 is 1.65. The Morgan fingerprint density at radius 2 is 2.29 bits per heavy atom. The molecular formula is C16H21F2N3O2S. The highest BCUT2D eigenvalue weighted by molar-refractivity contribution is 7.09. The van der Waals surface area contributed by atoms with E-state index in [0.29, 0.717) is 19.1 Å². The van der Waals surface area contributed by atoms with Crippen molar-refractivity contribution in [1.29, 1.82) is 0 Å². The van der Waals surface area contributed by atoms with Gasteiger partial charge in [0.15, 0.2) is 0 Å². The van der Waals surface area contributed by atoms with E-state index in [0.717, 1.165) is 24.6 Å². The van der Waals surface area contributed by atoms with E-state index in [-0.39, 0.29) is 30.8 Å². The van der Waals surface area contributed by atoms with Crippen LogP contribution in [0.3, 0.4) is 0 Å². The number of amides is 1. The number of alkyl halides is 2. The summed E-state index contributed by atoms with van der Waals surface area (Å²) in [6, 6.07) is 0. The number of nitrogens with one attached hydrogen (secondary N) is 1. The van der Waals surface area contributed by atoms with Crippen LogP contribution >= 0.6 is 11.3 Å². The SMILES string of the molecule is O=C(NC[C@@H]1CO[C@@H]2CN(Cc3nccs3)C[C@H]12)C1CC(F)(F)C1. The van der Waals surface area contributed by atoms with Crippen LogP contribution in [0.5, 0.6) is 0 Å². The third kappa shape index (κ3) is 3.32. The number of thiazole rings is 1. The second-order valence-electron chi connectivity index (χ2n) is 7.12. The molecule has 2 saturated heterocycles. The van der Waals surface area contributed by atoms with E-state index in [4.69, 9.17) is 4.74 Å². The average molecular weight is 357 g/mol. The number of carbonyl (C=O) groups is 1. The minimum Gasteiger partial charge on any atom is -0.376 e. The van der Waals surface area contributed by atoms with E-state index in [9.17, 15) is 13.6 Å². The summed E-state index contributed by atoms with van der Waals surface area (Å²) in [7, 11) is 0. The number of likely N-dealkylation sites (tertiary alicyclic amines) is 1. The molecule has 1 aliphatic carbocycles. The van der Waals surface area contributed by atoms with Gasteiger partial charge in [0.25, 0.3) is 0 Å². The van der Waals surface area contributed by atoms with E-state index in [1.807, 2.05) is 11.6 Å². The van der Waals surface area contributed by atoms with Crippen molar-refractivity contribution in [1.82, 2.24) is 15.2 Å². The molecule has 8 heteroatoms. The van der Waals surface area contributed by atoms with E-state index >= 15 is 0 Å². The van der Waals surface area contributed by atoms with Gasteiger partial charge in [-0.25, -0.2) is 13.8 Å². The lowest BCUT2D eigenvalue weighted by atomic mass is 9.80. The van der Waals surface area contributed by atoms with E-state index < -0.39 is 11.8 Å². The maximum absolute atomic E-state index is 12.9. The Bertz CT molecular complexity index is 590. The van der Waals surface area contributed by atoms with E-state index in [1.165, 1.54) is 0 Å². The van der Waals surface area contributed by atoms with Gasteiger partial charge in [0, 0.05) is 61.8 Å². The van der Waals surface area contributed by atoms with Crippen molar-refractivity contribution in [3.05, 3.63) is 16.6 Å². The number of aromatic nitrogens is 1. The molecule has 1 aromatic heterocycles. The smallest absolute Gasteiger partial charge is 0.249 e. The van der Waals surface area contributed by atoms with Crippen molar-refractivity contribution >= 4 is 17.2 Å². The highest BCUT2D eigenvalue weighted by Crippen LogP contribution is 2.42. The molecule has 1 aromatic rings. The van der Waals surface area contributed by atoms with Crippen LogP contribution in [0, 0.1) is 17.8 Å². The molecule has 132 valence electrons. The normalized spacial score (nSPS) is 32.5. The minimum atomic E-state index is -2.65. The first-order chi connectivity index (χ1) is 11.5. The molecule has 3 heterocycles. The molecular weight excluding hydrogens is 336 g/mol. The highest BCUT2D eigenvalue weighted by atomic mass is 32.1. The molecule has 4 rings (SSSR count). The molecule has 0 unspecified atom stereocenters. The summed E-state index contributed by atoms with van der Waals surface area (Å²) in [5.74, 6) is -2.75. The van der Waals surface area contributed by atoms with Gasteiger partial charge in [-0.3, -0.25) is 9.69 Å². The van der Waals surface area contributed by atoms with Crippen LogP contribution in [0.15, 0.2) is 11.6 Å². The third-order valence-corrected chi connectivity index (χ3v) is 6.12. The Hall–Kier alpha value is -1.12. The fraction of sp³-hybridized carbons (Fsp3) is 0.750. The molecule has 3 atom stereocenters. The van der Waals surface area contributed by atoms with Gasteiger partial charge in [0.2, 0.25) is 11.8 Å². The summed E-state index contributed by atoms with van der Waals surface area (Å²) < 4.78 is 31.6. The van der Waals surface area contributed by atoms with Crippen LogP contribution in [-0.4, -0.2) is 54.1 Å². The monoisotopic (exact) mass is 357 g/mol. The molecule has 1 saturated carbocycles. The molecule has 0 aromatic carbocycles. The standard InChI is InChI=1S/C16H21F2N3O2S/c17-16(18)3-10(4-16)15(22)20-5-11-9-23-13-7-21(6-12(11)13)8-14-19-1-2-24-14/h1-2,10-13H,3-9H2,(H,20,22)/t11-,12-,13-/m1/s1. The van der Waals surface area contributed by atoms with E-state index in [1.54, 1.807) is 11.3 Å². The topological polar surface area (TPSA) is 54.5 Å². The molecule has 1 amide bonds. The molecule has 0 spiro atoms. The van der Waals surface area contributed by atoms with Crippen molar-refractivity contribution in [3.8, 4) is 0 Å². The van der Waals surface area contributed by atoms with Gasteiger partial charge in [-0.2, -0.15) is 0 Å². The van der Waals surface area contributed by atoms with Gasteiger partial charge in [0.1, 0.15) is 5.01 Å². The molecule has 5 nitrogen and oxygen atoms in total. The van der Waals surface area contributed by atoms with Gasteiger partial charge in [-0.05, 0) is 0 Å². The first kappa shape index (κ1) is 16.4. The Labute approximate surface area is 143 Å². The van der Waals surface area contributed by atoms with Crippen LogP contribution < -0.4 is 5.32 Å². The number of rotatable bonds is 5. The Balaban J connectivity index is 1.25. The summed E-state index contributed by atoms with van der Waals surface area (Å²) in [5, 5.41) is 5.94. The van der Waals surface area contributed by atoms with E-state index in [2.05, 4.69) is 15.2 Å². The fourth-order valence-electron chi connectivity index (χ4n) is 3.96. The number of hydrogen-bond acceptors (Lipinski definition) is 5. The summed E-state index contributed by atoms with van der Waals surface area (Å²) in [6.07, 6.45) is 1.40. The van der Waals surface area contributed by atoms with Crippen molar-refractivity contribution in [2.75, 3.05) is 26.2 Å². The molecule has 3 aliphatic rings. The largest absolute Gasteiger partial charge is 0.376 e. The van der Waals surface area contributed by atoms with Crippen LogP contribution in [0.25, 0.3) is 0 Å². The Morgan fingerprint density at radius 1 is 1.46 bits per heavy atom. The zero-order valence-corrected chi connectivity index (χ0v) is 14.1. The average Bonchev–Trinajstić information content (AvgIpc) is 3.20. The zero-order valence-electron chi connectivity index (χ0n) is 13.3. The lowest BCUT2D eigenvalue weighted by molar-refractivity contribution is -0.150. The van der Waals surface area contributed by atoms with Gasteiger partial charge in [-0.15, -0.1) is 11.3 Å². The van der Waals surface area contributed by atoms with Crippen molar-refractivity contribution in [2.24, 2.45) is 17.8 Å². The molecule has 3 fully saturated rings. The predicted octanol–water partition coefficient (Wildman–Crippen LogP) is 1.75. The quantitative estimate of drug-likeness (QED) is 0.872.